The average Bonchev–Trinajstić information content (AvgIpc) is 3.18. The van der Waals surface area contributed by atoms with Crippen LogP contribution in [0.2, 0.25) is 0 Å². The van der Waals surface area contributed by atoms with Crippen molar-refractivity contribution < 1.29 is 33.3 Å². The summed E-state index contributed by atoms with van der Waals surface area (Å²) in [5.74, 6) is 0.160. The van der Waals surface area contributed by atoms with Crippen molar-refractivity contribution in [3.05, 3.63) is 94.2 Å². The Morgan fingerprint density at radius 2 is 1.79 bits per heavy atom. The first-order chi connectivity index (χ1) is 16.5. The van der Waals surface area contributed by atoms with Crippen molar-refractivity contribution in [2.45, 2.75) is 12.3 Å². The van der Waals surface area contributed by atoms with E-state index in [9.17, 15) is 14.4 Å². The Balaban J connectivity index is 1.54. The van der Waals surface area contributed by atoms with Gasteiger partial charge in [-0.15, -0.1) is 0 Å². The molecule has 34 heavy (non-hydrogen) atoms. The number of Topliss-reactive ketones (excluding diaryl/α,β-unsaturated/α-hetero) is 1. The van der Waals surface area contributed by atoms with Crippen molar-refractivity contribution in [3.8, 4) is 17.2 Å². The molecule has 0 bridgehead atoms. The molecule has 0 radical (unpaired) electrons. The highest BCUT2D eigenvalue weighted by Crippen LogP contribution is 2.49. The van der Waals surface area contributed by atoms with Gasteiger partial charge in [0.1, 0.15) is 17.2 Å². The fourth-order valence-electron chi connectivity index (χ4n) is 4.23. The molecule has 0 aliphatic carbocycles. The molecule has 0 spiro atoms. The molecular formula is C27H20O7. The fraction of sp³-hybridized carbons (Fsp3) is 0.148. The zero-order valence-corrected chi connectivity index (χ0v) is 18.5. The average molecular weight is 456 g/mol. The van der Waals surface area contributed by atoms with Gasteiger partial charge < -0.3 is 18.9 Å². The maximum absolute atomic E-state index is 13.1. The molecule has 3 aromatic carbocycles. The predicted molar refractivity (Wildman–Crippen MR) is 122 cm³/mol. The molecule has 0 N–H and O–H groups in total. The topological polar surface area (TPSA) is 88.1 Å². The van der Waals surface area contributed by atoms with Gasteiger partial charge in [-0.3, -0.25) is 9.59 Å². The number of ketones is 1. The third-order valence-electron chi connectivity index (χ3n) is 5.91. The van der Waals surface area contributed by atoms with E-state index in [0.29, 0.717) is 39.5 Å². The summed E-state index contributed by atoms with van der Waals surface area (Å²) in [5.41, 5.74) is 3.01. The van der Waals surface area contributed by atoms with Crippen LogP contribution in [0.25, 0.3) is 6.08 Å². The largest absolute Gasteiger partial charge is 0.497 e. The lowest BCUT2D eigenvalue weighted by Crippen LogP contribution is -2.21. The highest BCUT2D eigenvalue weighted by atomic mass is 16.5. The van der Waals surface area contributed by atoms with Crippen LogP contribution in [0.3, 0.4) is 0 Å². The summed E-state index contributed by atoms with van der Waals surface area (Å²) in [6.45, 7) is 0. The maximum atomic E-state index is 13.1. The summed E-state index contributed by atoms with van der Waals surface area (Å²) in [6.07, 6.45) is 1.73. The molecule has 3 aromatic rings. The van der Waals surface area contributed by atoms with Gasteiger partial charge in [-0.25, -0.2) is 4.79 Å². The van der Waals surface area contributed by atoms with Crippen LogP contribution >= 0.6 is 0 Å². The number of methoxy groups -OCH3 is 2. The smallest absolute Gasteiger partial charge is 0.337 e. The molecule has 5 rings (SSSR count). The third-order valence-corrected chi connectivity index (χ3v) is 5.91. The van der Waals surface area contributed by atoms with E-state index in [1.807, 2.05) is 24.3 Å². The quantitative estimate of drug-likeness (QED) is 0.324. The van der Waals surface area contributed by atoms with Crippen molar-refractivity contribution >= 4 is 23.8 Å². The van der Waals surface area contributed by atoms with Gasteiger partial charge >= 0.3 is 11.9 Å². The first-order valence-electron chi connectivity index (χ1n) is 10.6. The summed E-state index contributed by atoms with van der Waals surface area (Å²) < 4.78 is 21.6. The summed E-state index contributed by atoms with van der Waals surface area (Å²) in [7, 11) is 2.90. The van der Waals surface area contributed by atoms with Crippen LogP contribution in [-0.4, -0.2) is 31.9 Å². The fourth-order valence-corrected chi connectivity index (χ4v) is 4.23. The van der Waals surface area contributed by atoms with Crippen LogP contribution in [0.5, 0.6) is 17.2 Å². The normalized spacial score (nSPS) is 17.5. The number of rotatable bonds is 4. The highest BCUT2D eigenvalue weighted by molar-refractivity contribution is 6.15. The number of esters is 2. The summed E-state index contributed by atoms with van der Waals surface area (Å²) in [4.78, 5) is 37.1. The van der Waals surface area contributed by atoms with Crippen molar-refractivity contribution in [1.82, 2.24) is 0 Å². The summed E-state index contributed by atoms with van der Waals surface area (Å²) in [6, 6.07) is 17.3. The minimum atomic E-state index is -0.440. The number of allylic oxidation sites excluding steroid dienone is 1. The predicted octanol–water partition coefficient (Wildman–Crippen LogP) is 4.54. The molecule has 0 fully saturated rings. The maximum Gasteiger partial charge on any atom is 0.337 e. The van der Waals surface area contributed by atoms with Crippen LogP contribution in [0, 0.1) is 0 Å². The number of hydrogen-bond acceptors (Lipinski definition) is 7. The zero-order valence-electron chi connectivity index (χ0n) is 18.5. The molecule has 2 aliphatic rings. The Kier molecular flexibility index (Phi) is 5.37. The van der Waals surface area contributed by atoms with E-state index in [1.165, 1.54) is 7.11 Å². The van der Waals surface area contributed by atoms with Gasteiger partial charge in [0.25, 0.3) is 0 Å². The van der Waals surface area contributed by atoms with Crippen LogP contribution in [0.15, 0.2) is 66.4 Å². The van der Waals surface area contributed by atoms with Crippen molar-refractivity contribution in [1.29, 1.82) is 0 Å². The molecule has 170 valence electrons. The van der Waals surface area contributed by atoms with Crippen LogP contribution < -0.4 is 14.2 Å². The Labute approximate surface area is 195 Å². The van der Waals surface area contributed by atoms with Gasteiger partial charge in [0.15, 0.2) is 5.76 Å². The van der Waals surface area contributed by atoms with Crippen molar-refractivity contribution in [2.24, 2.45) is 0 Å². The van der Waals surface area contributed by atoms with E-state index in [-0.39, 0.29) is 29.9 Å². The number of carbonyl (C=O) groups is 3. The lowest BCUT2D eigenvalue weighted by Gasteiger charge is -2.26. The third kappa shape index (κ3) is 3.71. The van der Waals surface area contributed by atoms with Gasteiger partial charge in [0, 0.05) is 11.5 Å². The standard InChI is InChI=1S/C27H20O7/c1-31-18-5-3-4-17(13-18)20-14-23(28)33-21-11-10-19-25(29)22(34-26(19)24(20)21)12-15-6-8-16(9-7-15)27(30)32-2/h3-13,20H,14H2,1-2H3/b22-12-/t20-/m1/s1. The second-order valence-electron chi connectivity index (χ2n) is 7.91. The van der Waals surface area contributed by atoms with E-state index in [0.717, 1.165) is 5.56 Å². The minimum Gasteiger partial charge on any atom is -0.497 e. The van der Waals surface area contributed by atoms with E-state index in [1.54, 1.807) is 49.6 Å². The van der Waals surface area contributed by atoms with E-state index < -0.39 is 5.97 Å². The molecule has 0 saturated carbocycles. The Morgan fingerprint density at radius 3 is 2.53 bits per heavy atom. The van der Waals surface area contributed by atoms with E-state index in [4.69, 9.17) is 18.9 Å². The van der Waals surface area contributed by atoms with Crippen LogP contribution in [-0.2, 0) is 9.53 Å². The molecule has 2 aliphatic heterocycles. The Bertz CT molecular complexity index is 1350. The van der Waals surface area contributed by atoms with Gasteiger partial charge in [0.2, 0.25) is 5.78 Å². The molecule has 7 nitrogen and oxygen atoms in total. The van der Waals surface area contributed by atoms with Gasteiger partial charge in [0.05, 0.1) is 31.8 Å². The SMILES string of the molecule is COC(=O)c1ccc(/C=C2\Oc3c(ccc4c3[C@@H](c3cccc(OC)c3)CC(=O)O4)C2=O)cc1. The number of fused-ring (bicyclic) bond motifs is 3. The Hall–Kier alpha value is -4.39. The van der Waals surface area contributed by atoms with Gasteiger partial charge in [-0.2, -0.15) is 0 Å². The van der Waals surface area contributed by atoms with Crippen molar-refractivity contribution in [2.75, 3.05) is 14.2 Å². The number of ether oxygens (including phenoxy) is 4. The molecule has 1 atom stereocenters. The molecule has 0 aromatic heterocycles. The molecule has 2 heterocycles. The zero-order chi connectivity index (χ0) is 23.8. The molecule has 0 saturated heterocycles. The number of hydrogen-bond donors (Lipinski definition) is 0. The Morgan fingerprint density at radius 1 is 1.00 bits per heavy atom. The lowest BCUT2D eigenvalue weighted by molar-refractivity contribution is -0.135. The lowest BCUT2D eigenvalue weighted by atomic mass is 9.84. The second-order valence-corrected chi connectivity index (χ2v) is 7.91. The molecular weight excluding hydrogens is 436 g/mol. The first-order valence-corrected chi connectivity index (χ1v) is 10.6. The van der Waals surface area contributed by atoms with Crippen LogP contribution in [0.1, 0.15) is 49.7 Å². The molecule has 7 heteroatoms. The summed E-state index contributed by atoms with van der Waals surface area (Å²) in [5, 5.41) is 0. The van der Waals surface area contributed by atoms with Crippen LogP contribution in [0.4, 0.5) is 0 Å². The summed E-state index contributed by atoms with van der Waals surface area (Å²) >= 11 is 0. The monoisotopic (exact) mass is 456 g/mol. The number of carbonyl (C=O) groups excluding carboxylic acids is 3. The minimum absolute atomic E-state index is 0.113. The van der Waals surface area contributed by atoms with Crippen molar-refractivity contribution in [3.63, 3.8) is 0 Å². The first kappa shape index (κ1) is 21.5. The van der Waals surface area contributed by atoms with E-state index >= 15 is 0 Å². The number of benzene rings is 3. The van der Waals surface area contributed by atoms with E-state index in [2.05, 4.69) is 0 Å². The van der Waals surface area contributed by atoms with Gasteiger partial charge in [-0.1, -0.05) is 24.3 Å². The highest BCUT2D eigenvalue weighted by Gasteiger charge is 2.38. The second kappa shape index (κ2) is 8.51. The molecule has 0 unspecified atom stereocenters. The van der Waals surface area contributed by atoms with Gasteiger partial charge in [-0.05, 0) is 53.6 Å². The molecule has 0 amide bonds.